The van der Waals surface area contributed by atoms with Gasteiger partial charge in [-0.1, -0.05) is 13.3 Å². The Morgan fingerprint density at radius 2 is 1.87 bits per heavy atom. The van der Waals surface area contributed by atoms with Crippen molar-refractivity contribution in [2.75, 3.05) is 45.0 Å². The molecule has 0 saturated carbocycles. The van der Waals surface area contributed by atoms with Gasteiger partial charge in [-0.2, -0.15) is 0 Å². The molecular weight excluding hydrogens is 290 g/mol. The van der Waals surface area contributed by atoms with Crippen LogP contribution in [0.25, 0.3) is 11.2 Å². The first-order valence-electron chi connectivity index (χ1n) is 8.66. The van der Waals surface area contributed by atoms with Crippen LogP contribution in [0, 0.1) is 0 Å². The van der Waals surface area contributed by atoms with Gasteiger partial charge in [-0.25, -0.2) is 15.0 Å². The molecule has 23 heavy (non-hydrogen) atoms. The maximum Gasteiger partial charge on any atom is 0.183 e. The minimum atomic E-state index is 0.472. The molecule has 1 aliphatic rings. The van der Waals surface area contributed by atoms with Crippen LogP contribution in [0.3, 0.4) is 0 Å². The minimum Gasteiger partial charge on any atom is -0.382 e. The molecule has 126 valence electrons. The number of nitrogens with two attached hydrogens (primary N) is 1. The Labute approximate surface area is 137 Å². The number of likely N-dealkylation sites (N-methyl/N-ethyl adjacent to an activating group) is 1. The molecule has 0 amide bonds. The zero-order valence-electron chi connectivity index (χ0n) is 14.0. The lowest BCUT2D eigenvalue weighted by atomic mass is 10.1. The maximum absolute atomic E-state index is 5.82. The summed E-state index contributed by atoms with van der Waals surface area (Å²) in [5.41, 5.74) is 7.25. The van der Waals surface area contributed by atoms with Crippen molar-refractivity contribution >= 4 is 17.0 Å². The van der Waals surface area contributed by atoms with Crippen LogP contribution in [-0.2, 0) is 6.42 Å². The van der Waals surface area contributed by atoms with Crippen LogP contribution < -0.4 is 5.73 Å². The van der Waals surface area contributed by atoms with E-state index in [1.807, 2.05) is 0 Å². The molecule has 0 spiro atoms. The lowest BCUT2D eigenvalue weighted by Gasteiger charge is -2.33. The number of imidazole rings is 1. The van der Waals surface area contributed by atoms with E-state index in [9.17, 15) is 0 Å². The Hall–Kier alpha value is -1.73. The Kier molecular flexibility index (Phi) is 5.40. The third-order valence-corrected chi connectivity index (χ3v) is 4.67. The third kappa shape index (κ3) is 4.17. The van der Waals surface area contributed by atoms with Gasteiger partial charge in [0, 0.05) is 32.6 Å². The van der Waals surface area contributed by atoms with E-state index in [1.165, 1.54) is 58.4 Å². The highest BCUT2D eigenvalue weighted by molar-refractivity contribution is 5.80. The van der Waals surface area contributed by atoms with Gasteiger partial charge >= 0.3 is 0 Å². The van der Waals surface area contributed by atoms with Crippen molar-refractivity contribution < 1.29 is 0 Å². The lowest BCUT2D eigenvalue weighted by molar-refractivity contribution is 0.135. The molecule has 1 saturated heterocycles. The summed E-state index contributed by atoms with van der Waals surface area (Å²) in [6, 6.07) is 0. The van der Waals surface area contributed by atoms with Gasteiger partial charge in [0.1, 0.15) is 17.7 Å². The van der Waals surface area contributed by atoms with Crippen LogP contribution in [0.4, 0.5) is 5.82 Å². The van der Waals surface area contributed by atoms with Crippen molar-refractivity contribution in [3.05, 3.63) is 12.2 Å². The predicted molar refractivity (Wildman–Crippen MR) is 92.2 cm³/mol. The van der Waals surface area contributed by atoms with Crippen molar-refractivity contribution in [1.82, 2.24) is 29.7 Å². The lowest BCUT2D eigenvalue weighted by Crippen LogP contribution is -2.46. The standard InChI is InChI=1S/C16H27N7/c1-2-22-8-10-23(11-9-22)7-5-3-4-6-13-20-14-15(17)18-12-19-16(14)21-13/h12H,2-11H2,1H3,(H3,17,18,19,20,21). The summed E-state index contributed by atoms with van der Waals surface area (Å²) in [7, 11) is 0. The summed E-state index contributed by atoms with van der Waals surface area (Å²) in [5.74, 6) is 1.43. The number of fused-ring (bicyclic) bond motifs is 1. The van der Waals surface area contributed by atoms with Crippen LogP contribution in [0.2, 0.25) is 0 Å². The summed E-state index contributed by atoms with van der Waals surface area (Å²) in [6.07, 6.45) is 6.03. The molecule has 0 aromatic carbocycles. The summed E-state index contributed by atoms with van der Waals surface area (Å²) >= 11 is 0. The quantitative estimate of drug-likeness (QED) is 0.748. The number of aromatic nitrogens is 4. The van der Waals surface area contributed by atoms with E-state index in [1.54, 1.807) is 0 Å². The monoisotopic (exact) mass is 317 g/mol. The molecule has 0 unspecified atom stereocenters. The number of aromatic amines is 1. The van der Waals surface area contributed by atoms with Crippen LogP contribution in [-0.4, -0.2) is 69.0 Å². The molecule has 3 heterocycles. The molecule has 1 aliphatic heterocycles. The summed E-state index contributed by atoms with van der Waals surface area (Å²) < 4.78 is 0. The fraction of sp³-hybridized carbons (Fsp3) is 0.688. The summed E-state index contributed by atoms with van der Waals surface area (Å²) in [5, 5.41) is 0. The molecule has 2 aromatic heterocycles. The van der Waals surface area contributed by atoms with Crippen molar-refractivity contribution in [3.8, 4) is 0 Å². The number of nitrogens with one attached hydrogen (secondary N) is 1. The molecule has 0 bridgehead atoms. The van der Waals surface area contributed by atoms with Crippen molar-refractivity contribution in [2.45, 2.75) is 32.6 Å². The highest BCUT2D eigenvalue weighted by Gasteiger charge is 2.14. The molecule has 3 N–H and O–H groups in total. The zero-order chi connectivity index (χ0) is 16.1. The highest BCUT2D eigenvalue weighted by atomic mass is 15.3. The second kappa shape index (κ2) is 7.70. The summed E-state index contributed by atoms with van der Waals surface area (Å²) in [6.45, 7) is 9.52. The smallest absolute Gasteiger partial charge is 0.183 e. The fourth-order valence-corrected chi connectivity index (χ4v) is 3.15. The molecule has 0 aliphatic carbocycles. The van der Waals surface area contributed by atoms with Crippen LogP contribution in [0.15, 0.2) is 6.33 Å². The van der Waals surface area contributed by atoms with Gasteiger partial charge in [-0.05, 0) is 25.9 Å². The highest BCUT2D eigenvalue weighted by Crippen LogP contribution is 2.14. The van der Waals surface area contributed by atoms with Crippen molar-refractivity contribution in [2.24, 2.45) is 0 Å². The number of nitrogen functional groups attached to an aromatic ring is 1. The van der Waals surface area contributed by atoms with Gasteiger partial charge in [-0.3, -0.25) is 0 Å². The molecule has 7 nitrogen and oxygen atoms in total. The summed E-state index contributed by atoms with van der Waals surface area (Å²) in [4.78, 5) is 20.9. The van der Waals surface area contributed by atoms with E-state index in [-0.39, 0.29) is 0 Å². The number of H-pyrrole nitrogens is 1. The molecular formula is C16H27N7. The zero-order valence-corrected chi connectivity index (χ0v) is 14.0. The Morgan fingerprint density at radius 1 is 1.09 bits per heavy atom. The van der Waals surface area contributed by atoms with Crippen molar-refractivity contribution in [1.29, 1.82) is 0 Å². The average Bonchev–Trinajstić information content (AvgIpc) is 2.99. The number of hydrogen-bond acceptors (Lipinski definition) is 6. The van der Waals surface area contributed by atoms with E-state index >= 15 is 0 Å². The number of anilines is 1. The average molecular weight is 317 g/mol. The minimum absolute atomic E-state index is 0.472. The largest absolute Gasteiger partial charge is 0.382 e. The normalized spacial score (nSPS) is 17.1. The molecule has 2 aromatic rings. The predicted octanol–water partition coefficient (Wildman–Crippen LogP) is 1.29. The first-order chi connectivity index (χ1) is 11.3. The number of unbranched alkanes of at least 4 members (excludes halogenated alkanes) is 2. The Bertz CT molecular complexity index is 616. The number of aryl methyl sites for hydroxylation is 1. The van der Waals surface area contributed by atoms with Gasteiger partial charge in [0.25, 0.3) is 0 Å². The number of rotatable bonds is 7. The van der Waals surface area contributed by atoms with E-state index < -0.39 is 0 Å². The topological polar surface area (TPSA) is 87.0 Å². The van der Waals surface area contributed by atoms with Gasteiger partial charge in [0.15, 0.2) is 11.5 Å². The van der Waals surface area contributed by atoms with Gasteiger partial charge < -0.3 is 20.5 Å². The number of nitrogens with zero attached hydrogens (tertiary/aromatic N) is 5. The number of hydrogen-bond donors (Lipinski definition) is 2. The second-order valence-electron chi connectivity index (χ2n) is 6.23. The Morgan fingerprint density at radius 3 is 2.61 bits per heavy atom. The van der Waals surface area contributed by atoms with Gasteiger partial charge in [0.05, 0.1) is 0 Å². The van der Waals surface area contributed by atoms with Crippen LogP contribution in [0.1, 0.15) is 32.0 Å². The molecule has 0 radical (unpaired) electrons. The fourth-order valence-electron chi connectivity index (χ4n) is 3.15. The first-order valence-corrected chi connectivity index (χ1v) is 8.66. The van der Waals surface area contributed by atoms with E-state index in [0.717, 1.165) is 24.2 Å². The molecule has 7 heteroatoms. The molecule has 3 rings (SSSR count). The third-order valence-electron chi connectivity index (χ3n) is 4.67. The SMILES string of the molecule is CCN1CCN(CCCCCc2nc3ncnc(N)c3[nH]2)CC1. The van der Waals surface area contributed by atoms with Crippen molar-refractivity contribution in [3.63, 3.8) is 0 Å². The van der Waals surface area contributed by atoms with E-state index in [2.05, 4.69) is 36.7 Å². The van der Waals surface area contributed by atoms with Gasteiger partial charge in [-0.15, -0.1) is 0 Å². The van der Waals surface area contributed by atoms with Gasteiger partial charge in [0.2, 0.25) is 0 Å². The van der Waals surface area contributed by atoms with Crippen LogP contribution in [0.5, 0.6) is 0 Å². The van der Waals surface area contributed by atoms with E-state index in [0.29, 0.717) is 11.5 Å². The molecule has 0 atom stereocenters. The Balaban J connectivity index is 1.36. The van der Waals surface area contributed by atoms with E-state index in [4.69, 9.17) is 5.73 Å². The van der Waals surface area contributed by atoms with Crippen LogP contribution >= 0.6 is 0 Å². The number of piperazine rings is 1. The second-order valence-corrected chi connectivity index (χ2v) is 6.23. The first kappa shape index (κ1) is 16.1. The maximum atomic E-state index is 5.82. The molecule has 1 fully saturated rings.